The number of carbonyl (C=O) groups is 1. The summed E-state index contributed by atoms with van der Waals surface area (Å²) in [6.07, 6.45) is 2.57. The third-order valence-corrected chi connectivity index (χ3v) is 4.26. The van der Waals surface area contributed by atoms with Gasteiger partial charge in [-0.25, -0.2) is 0 Å². The van der Waals surface area contributed by atoms with Gasteiger partial charge in [-0.15, -0.1) is 0 Å². The molecular formula is C22H27NO4. The normalized spacial score (nSPS) is 14.3. The van der Waals surface area contributed by atoms with Gasteiger partial charge in [0.05, 0.1) is 12.6 Å². The van der Waals surface area contributed by atoms with Crippen LogP contribution in [0.3, 0.4) is 0 Å². The largest absolute Gasteiger partial charge is 0.493 e. The van der Waals surface area contributed by atoms with Crippen LogP contribution >= 0.6 is 0 Å². The van der Waals surface area contributed by atoms with Crippen molar-refractivity contribution in [3.8, 4) is 17.2 Å². The Kier molecular flexibility index (Phi) is 6.58. The smallest absolute Gasteiger partial charge is 0.217 e. The molecule has 3 rings (SSSR count). The van der Waals surface area contributed by atoms with Gasteiger partial charge in [0.2, 0.25) is 5.91 Å². The zero-order valence-electron chi connectivity index (χ0n) is 15.9. The Morgan fingerprint density at radius 1 is 1.04 bits per heavy atom. The van der Waals surface area contributed by atoms with Crippen molar-refractivity contribution in [1.82, 2.24) is 5.32 Å². The van der Waals surface area contributed by atoms with E-state index in [9.17, 15) is 4.79 Å². The second kappa shape index (κ2) is 9.31. The van der Waals surface area contributed by atoms with Crippen LogP contribution in [0.2, 0.25) is 0 Å². The van der Waals surface area contributed by atoms with Crippen molar-refractivity contribution in [2.24, 2.45) is 5.92 Å². The molecule has 5 nitrogen and oxygen atoms in total. The molecule has 1 aliphatic rings. The Balaban J connectivity index is 1.44. The number of benzene rings is 2. The number of amides is 1. The first-order valence-corrected chi connectivity index (χ1v) is 9.43. The number of ether oxygens (including phenoxy) is 3. The molecule has 144 valence electrons. The van der Waals surface area contributed by atoms with Crippen molar-refractivity contribution >= 4 is 5.91 Å². The molecule has 27 heavy (non-hydrogen) atoms. The molecule has 1 aliphatic carbocycles. The number of hydrogen-bond donors (Lipinski definition) is 1. The molecular weight excluding hydrogens is 342 g/mol. The molecule has 0 aliphatic heterocycles. The molecule has 0 unspecified atom stereocenters. The fourth-order valence-electron chi connectivity index (χ4n) is 2.63. The van der Waals surface area contributed by atoms with E-state index in [0.29, 0.717) is 13.2 Å². The van der Waals surface area contributed by atoms with Gasteiger partial charge < -0.3 is 19.5 Å². The zero-order chi connectivity index (χ0) is 19.1. The summed E-state index contributed by atoms with van der Waals surface area (Å²) in [5, 5.41) is 2.79. The predicted molar refractivity (Wildman–Crippen MR) is 104 cm³/mol. The molecule has 1 atom stereocenters. The van der Waals surface area contributed by atoms with Crippen molar-refractivity contribution < 1.29 is 19.0 Å². The average Bonchev–Trinajstić information content (AvgIpc) is 3.48. The summed E-state index contributed by atoms with van der Waals surface area (Å²) in [5.41, 5.74) is 1.08. The van der Waals surface area contributed by atoms with Gasteiger partial charge in [0.15, 0.2) is 0 Å². The first-order valence-electron chi connectivity index (χ1n) is 9.43. The number of hydrogen-bond acceptors (Lipinski definition) is 4. The highest BCUT2D eigenvalue weighted by Gasteiger charge is 2.21. The lowest BCUT2D eigenvalue weighted by atomic mass is 10.2. The minimum absolute atomic E-state index is 0.0344. The second-order valence-electron chi connectivity index (χ2n) is 7.07. The van der Waals surface area contributed by atoms with Crippen LogP contribution in [0.15, 0.2) is 48.5 Å². The summed E-state index contributed by atoms with van der Waals surface area (Å²) in [4.78, 5) is 11.0. The van der Waals surface area contributed by atoms with E-state index < -0.39 is 0 Å². The lowest BCUT2D eigenvalue weighted by Gasteiger charge is -2.14. The molecule has 1 saturated carbocycles. The highest BCUT2D eigenvalue weighted by atomic mass is 16.5. The summed E-state index contributed by atoms with van der Waals surface area (Å²) in [6.45, 7) is 5.12. The zero-order valence-corrected chi connectivity index (χ0v) is 15.9. The van der Waals surface area contributed by atoms with Crippen LogP contribution in [0.1, 0.15) is 32.3 Å². The van der Waals surface area contributed by atoms with Crippen molar-refractivity contribution in [1.29, 1.82) is 0 Å². The number of rotatable bonds is 10. The third kappa shape index (κ3) is 6.85. The van der Waals surface area contributed by atoms with Crippen molar-refractivity contribution in [2.45, 2.75) is 39.3 Å². The SMILES string of the molecule is CC(=O)N[C@@H](C)COc1ccc(OCc2cccc(OCC3CC3)c2)cc1. The standard InChI is InChI=1S/C22H27NO4/c1-16(23-17(2)24)13-25-20-8-10-21(11-9-20)26-15-19-4-3-5-22(12-19)27-14-18-6-7-18/h3-5,8-12,16,18H,6-7,13-15H2,1-2H3,(H,23,24)/t16-/m0/s1. The Labute approximate surface area is 160 Å². The van der Waals surface area contributed by atoms with Crippen molar-refractivity contribution in [3.05, 3.63) is 54.1 Å². The summed E-state index contributed by atoms with van der Waals surface area (Å²) in [7, 11) is 0. The highest BCUT2D eigenvalue weighted by Crippen LogP contribution is 2.29. The summed E-state index contributed by atoms with van der Waals surface area (Å²) >= 11 is 0. The lowest BCUT2D eigenvalue weighted by Crippen LogP contribution is -2.35. The quantitative estimate of drug-likeness (QED) is 0.689. The molecule has 2 aromatic rings. The first-order chi connectivity index (χ1) is 13.1. The van der Waals surface area contributed by atoms with Crippen molar-refractivity contribution in [3.63, 3.8) is 0 Å². The fourth-order valence-corrected chi connectivity index (χ4v) is 2.63. The highest BCUT2D eigenvalue weighted by molar-refractivity contribution is 5.73. The molecule has 1 amide bonds. The van der Waals surface area contributed by atoms with Gasteiger partial charge in [-0.05, 0) is 67.6 Å². The van der Waals surface area contributed by atoms with Gasteiger partial charge in [0.1, 0.15) is 30.5 Å². The molecule has 1 fully saturated rings. The van der Waals surface area contributed by atoms with Gasteiger partial charge in [0.25, 0.3) is 0 Å². The van der Waals surface area contributed by atoms with E-state index in [-0.39, 0.29) is 11.9 Å². The molecule has 0 heterocycles. The van der Waals surface area contributed by atoms with Gasteiger partial charge in [0, 0.05) is 6.92 Å². The van der Waals surface area contributed by atoms with Crippen LogP contribution in [-0.2, 0) is 11.4 Å². The van der Waals surface area contributed by atoms with Gasteiger partial charge in [-0.3, -0.25) is 4.79 Å². The molecule has 0 saturated heterocycles. The number of nitrogens with one attached hydrogen (secondary N) is 1. The van der Waals surface area contributed by atoms with Crippen LogP contribution < -0.4 is 19.5 Å². The Hall–Kier alpha value is -2.69. The van der Waals surface area contributed by atoms with Crippen LogP contribution in [0.4, 0.5) is 0 Å². The Morgan fingerprint density at radius 3 is 2.41 bits per heavy atom. The van der Waals surface area contributed by atoms with Gasteiger partial charge in [-0.1, -0.05) is 12.1 Å². The van der Waals surface area contributed by atoms with E-state index in [1.165, 1.54) is 19.8 Å². The van der Waals surface area contributed by atoms with Crippen LogP contribution in [0.5, 0.6) is 17.2 Å². The second-order valence-corrected chi connectivity index (χ2v) is 7.07. The van der Waals surface area contributed by atoms with Gasteiger partial charge in [-0.2, -0.15) is 0 Å². The summed E-state index contributed by atoms with van der Waals surface area (Å²) in [6, 6.07) is 15.5. The molecule has 0 bridgehead atoms. The van der Waals surface area contributed by atoms with Crippen LogP contribution in [0.25, 0.3) is 0 Å². The monoisotopic (exact) mass is 369 g/mol. The van der Waals surface area contributed by atoms with Crippen LogP contribution in [0, 0.1) is 5.92 Å². The minimum atomic E-state index is -0.0585. The topological polar surface area (TPSA) is 56.8 Å². The Bertz CT molecular complexity index is 740. The summed E-state index contributed by atoms with van der Waals surface area (Å²) < 4.78 is 17.3. The maximum atomic E-state index is 11.0. The van der Waals surface area contributed by atoms with E-state index in [4.69, 9.17) is 14.2 Å². The Morgan fingerprint density at radius 2 is 1.74 bits per heavy atom. The van der Waals surface area contributed by atoms with E-state index >= 15 is 0 Å². The van der Waals surface area contributed by atoms with Crippen LogP contribution in [-0.4, -0.2) is 25.2 Å². The molecule has 0 radical (unpaired) electrons. The summed E-state index contributed by atoms with van der Waals surface area (Å²) in [5.74, 6) is 3.11. The number of carbonyl (C=O) groups excluding carboxylic acids is 1. The molecule has 5 heteroatoms. The maximum Gasteiger partial charge on any atom is 0.217 e. The average molecular weight is 369 g/mol. The predicted octanol–water partition coefficient (Wildman–Crippen LogP) is 3.96. The fraction of sp³-hybridized carbons (Fsp3) is 0.409. The first kappa shape index (κ1) is 19.1. The lowest BCUT2D eigenvalue weighted by molar-refractivity contribution is -0.119. The van der Waals surface area contributed by atoms with E-state index in [1.54, 1.807) is 0 Å². The van der Waals surface area contributed by atoms with E-state index in [0.717, 1.165) is 35.3 Å². The van der Waals surface area contributed by atoms with Crippen molar-refractivity contribution in [2.75, 3.05) is 13.2 Å². The van der Waals surface area contributed by atoms with E-state index in [2.05, 4.69) is 5.32 Å². The molecule has 1 N–H and O–H groups in total. The maximum absolute atomic E-state index is 11.0. The van der Waals surface area contributed by atoms with Gasteiger partial charge >= 0.3 is 0 Å². The molecule has 0 aromatic heterocycles. The molecule has 2 aromatic carbocycles. The van der Waals surface area contributed by atoms with E-state index in [1.807, 2.05) is 55.5 Å². The third-order valence-electron chi connectivity index (χ3n) is 4.26. The molecule has 0 spiro atoms. The minimum Gasteiger partial charge on any atom is -0.493 e.